The molecule has 0 atom stereocenters. The van der Waals surface area contributed by atoms with Gasteiger partial charge in [-0.15, -0.1) is 0 Å². The molecule has 5 nitrogen and oxygen atoms in total. The highest BCUT2D eigenvalue weighted by Gasteiger charge is 2.12. The second-order valence-corrected chi connectivity index (χ2v) is 6.84. The maximum Gasteiger partial charge on any atom is 0.260 e. The number of benzene rings is 2. The van der Waals surface area contributed by atoms with Gasteiger partial charge in [-0.05, 0) is 41.6 Å². The minimum absolute atomic E-state index is 0.110. The van der Waals surface area contributed by atoms with Gasteiger partial charge in [0.2, 0.25) is 5.89 Å². The van der Waals surface area contributed by atoms with Crippen molar-refractivity contribution >= 4 is 21.9 Å². The first kappa shape index (κ1) is 16.4. The summed E-state index contributed by atoms with van der Waals surface area (Å²) < 4.78 is 7.41. The third kappa shape index (κ3) is 2.77. The zero-order valence-electron chi connectivity index (χ0n) is 15.3. The molecule has 0 aliphatic heterocycles. The Morgan fingerprint density at radius 1 is 1.00 bits per heavy atom. The van der Waals surface area contributed by atoms with E-state index in [1.807, 2.05) is 61.5 Å². The highest BCUT2D eigenvalue weighted by molar-refractivity contribution is 5.95. The largest absolute Gasteiger partial charge is 0.439 e. The molecule has 0 radical (unpaired) electrons. The summed E-state index contributed by atoms with van der Waals surface area (Å²) in [7, 11) is 0. The normalized spacial score (nSPS) is 11.3. The fraction of sp³-hybridized carbons (Fsp3) is 0.0870. The first-order valence-electron chi connectivity index (χ1n) is 9.08. The SMILES string of the molecule is Cc1ccc2oc(Cn3ccc4c(-c5ccccc5)cncc4c3=O)nc2c1. The van der Waals surface area contributed by atoms with Gasteiger partial charge in [0.1, 0.15) is 12.1 Å². The van der Waals surface area contributed by atoms with E-state index in [1.54, 1.807) is 23.2 Å². The third-order valence-corrected chi connectivity index (χ3v) is 4.88. The number of rotatable bonds is 3. The molecule has 0 unspecified atom stereocenters. The van der Waals surface area contributed by atoms with Crippen LogP contribution in [-0.2, 0) is 6.54 Å². The summed E-state index contributed by atoms with van der Waals surface area (Å²) in [5.41, 5.74) is 4.52. The summed E-state index contributed by atoms with van der Waals surface area (Å²) in [5, 5.41) is 1.46. The first-order chi connectivity index (χ1) is 13.7. The summed E-state index contributed by atoms with van der Waals surface area (Å²) in [6.45, 7) is 2.29. The van der Waals surface area contributed by atoms with Crippen LogP contribution in [0.5, 0.6) is 0 Å². The predicted molar refractivity (Wildman–Crippen MR) is 109 cm³/mol. The van der Waals surface area contributed by atoms with Gasteiger partial charge in [-0.25, -0.2) is 4.98 Å². The number of pyridine rings is 2. The Morgan fingerprint density at radius 2 is 1.86 bits per heavy atom. The van der Waals surface area contributed by atoms with Gasteiger partial charge in [0.25, 0.3) is 5.56 Å². The lowest BCUT2D eigenvalue weighted by Crippen LogP contribution is -2.20. The van der Waals surface area contributed by atoms with Crippen molar-refractivity contribution in [3.63, 3.8) is 0 Å². The molecule has 3 heterocycles. The number of oxazole rings is 1. The van der Waals surface area contributed by atoms with Crippen molar-refractivity contribution in [2.75, 3.05) is 0 Å². The lowest BCUT2D eigenvalue weighted by atomic mass is 10.0. The van der Waals surface area contributed by atoms with E-state index in [-0.39, 0.29) is 12.1 Å². The van der Waals surface area contributed by atoms with Gasteiger partial charge in [-0.3, -0.25) is 9.78 Å². The minimum Gasteiger partial charge on any atom is -0.439 e. The first-order valence-corrected chi connectivity index (χ1v) is 9.08. The van der Waals surface area contributed by atoms with Crippen molar-refractivity contribution in [1.82, 2.24) is 14.5 Å². The number of hydrogen-bond acceptors (Lipinski definition) is 4. The predicted octanol–water partition coefficient (Wildman–Crippen LogP) is 4.56. The van der Waals surface area contributed by atoms with Crippen LogP contribution in [0.2, 0.25) is 0 Å². The quantitative estimate of drug-likeness (QED) is 0.469. The average Bonchev–Trinajstić information content (AvgIpc) is 3.12. The molecule has 0 saturated carbocycles. The molecule has 28 heavy (non-hydrogen) atoms. The zero-order chi connectivity index (χ0) is 19.1. The highest BCUT2D eigenvalue weighted by Crippen LogP contribution is 2.26. The van der Waals surface area contributed by atoms with E-state index in [0.29, 0.717) is 11.3 Å². The maximum absolute atomic E-state index is 13.0. The lowest BCUT2D eigenvalue weighted by molar-refractivity contribution is 0.505. The Hall–Kier alpha value is -3.73. The lowest BCUT2D eigenvalue weighted by Gasteiger charge is -2.08. The van der Waals surface area contributed by atoms with E-state index in [2.05, 4.69) is 9.97 Å². The smallest absolute Gasteiger partial charge is 0.260 e. The molecule has 0 spiro atoms. The Labute approximate surface area is 160 Å². The van der Waals surface area contributed by atoms with E-state index in [4.69, 9.17) is 4.42 Å². The molecule has 0 bridgehead atoms. The highest BCUT2D eigenvalue weighted by atomic mass is 16.3. The average molecular weight is 367 g/mol. The monoisotopic (exact) mass is 367 g/mol. The zero-order valence-corrected chi connectivity index (χ0v) is 15.3. The number of fused-ring (bicyclic) bond motifs is 2. The van der Waals surface area contributed by atoms with Gasteiger partial charge < -0.3 is 8.98 Å². The summed E-state index contributed by atoms with van der Waals surface area (Å²) in [5.74, 6) is 0.509. The van der Waals surface area contributed by atoms with E-state index in [9.17, 15) is 4.79 Å². The van der Waals surface area contributed by atoms with Crippen molar-refractivity contribution < 1.29 is 4.42 Å². The molecule has 0 amide bonds. The summed E-state index contributed by atoms with van der Waals surface area (Å²) >= 11 is 0. The van der Waals surface area contributed by atoms with Crippen LogP contribution in [0.15, 0.2) is 82.4 Å². The van der Waals surface area contributed by atoms with Crippen LogP contribution in [0.4, 0.5) is 0 Å². The van der Waals surface area contributed by atoms with Crippen LogP contribution in [0.25, 0.3) is 33.0 Å². The van der Waals surface area contributed by atoms with E-state index >= 15 is 0 Å². The van der Waals surface area contributed by atoms with E-state index in [0.717, 1.165) is 33.2 Å². The number of nitrogens with zero attached hydrogens (tertiary/aromatic N) is 3. The van der Waals surface area contributed by atoms with Gasteiger partial charge in [0, 0.05) is 24.2 Å². The van der Waals surface area contributed by atoms with E-state index < -0.39 is 0 Å². The van der Waals surface area contributed by atoms with Crippen LogP contribution in [-0.4, -0.2) is 14.5 Å². The fourth-order valence-electron chi connectivity index (χ4n) is 3.48. The van der Waals surface area contributed by atoms with Crippen molar-refractivity contribution in [3.8, 4) is 11.1 Å². The molecule has 5 aromatic rings. The molecule has 0 fully saturated rings. The van der Waals surface area contributed by atoms with Crippen molar-refractivity contribution in [3.05, 3.63) is 95.0 Å². The Kier molecular flexibility index (Phi) is 3.79. The number of aromatic nitrogens is 3. The molecular formula is C23H17N3O2. The third-order valence-electron chi connectivity index (χ3n) is 4.88. The molecular weight excluding hydrogens is 350 g/mol. The van der Waals surface area contributed by atoms with Gasteiger partial charge >= 0.3 is 0 Å². The number of aryl methyl sites for hydroxylation is 1. The topological polar surface area (TPSA) is 60.9 Å². The standard InChI is InChI=1S/C23H17N3O2/c1-15-7-8-21-20(11-15)25-22(28-21)14-26-10-9-17-18(16-5-3-2-4-6-16)12-24-13-19(17)23(26)27/h2-13H,14H2,1H3. The van der Waals surface area contributed by atoms with Crippen LogP contribution in [0, 0.1) is 6.92 Å². The van der Waals surface area contributed by atoms with E-state index in [1.165, 1.54) is 0 Å². The van der Waals surface area contributed by atoms with Crippen molar-refractivity contribution in [1.29, 1.82) is 0 Å². The second kappa shape index (κ2) is 6.46. The molecule has 0 saturated heterocycles. The summed E-state index contributed by atoms with van der Waals surface area (Å²) in [4.78, 5) is 21.8. The number of hydrogen-bond donors (Lipinski definition) is 0. The van der Waals surface area contributed by atoms with Crippen LogP contribution in [0.3, 0.4) is 0 Å². The van der Waals surface area contributed by atoms with Crippen LogP contribution in [0.1, 0.15) is 11.5 Å². The molecule has 5 heteroatoms. The molecule has 0 N–H and O–H groups in total. The fourth-order valence-corrected chi connectivity index (χ4v) is 3.48. The molecule has 2 aromatic carbocycles. The van der Waals surface area contributed by atoms with Crippen LogP contribution >= 0.6 is 0 Å². The summed E-state index contributed by atoms with van der Waals surface area (Å²) in [6, 6.07) is 17.8. The molecule has 3 aromatic heterocycles. The molecule has 136 valence electrons. The molecule has 5 rings (SSSR count). The Bertz CT molecular complexity index is 1370. The Morgan fingerprint density at radius 3 is 2.71 bits per heavy atom. The molecule has 0 aliphatic carbocycles. The minimum atomic E-state index is -0.110. The van der Waals surface area contributed by atoms with Gasteiger partial charge in [0.15, 0.2) is 5.58 Å². The van der Waals surface area contributed by atoms with Gasteiger partial charge in [-0.2, -0.15) is 0 Å². The van der Waals surface area contributed by atoms with Crippen molar-refractivity contribution in [2.45, 2.75) is 13.5 Å². The Balaban J connectivity index is 1.59. The molecule has 0 aliphatic rings. The van der Waals surface area contributed by atoms with Crippen LogP contribution < -0.4 is 5.56 Å². The van der Waals surface area contributed by atoms with Gasteiger partial charge in [0.05, 0.1) is 5.39 Å². The van der Waals surface area contributed by atoms with Gasteiger partial charge in [-0.1, -0.05) is 36.4 Å². The second-order valence-electron chi connectivity index (χ2n) is 6.84. The maximum atomic E-state index is 13.0. The van der Waals surface area contributed by atoms with Crippen molar-refractivity contribution in [2.24, 2.45) is 0 Å². The summed E-state index contributed by atoms with van der Waals surface area (Å²) in [6.07, 6.45) is 5.21.